The van der Waals surface area contributed by atoms with Crippen molar-refractivity contribution in [3.63, 3.8) is 0 Å². The first-order chi connectivity index (χ1) is 9.08. The second kappa shape index (κ2) is 4.18. The number of carboxylic acid groups (broad SMARTS) is 1. The summed E-state index contributed by atoms with van der Waals surface area (Å²) in [6.07, 6.45) is 3.75. The topological polar surface area (TPSA) is 96.6 Å². The number of nitro groups is 1. The van der Waals surface area contributed by atoms with Gasteiger partial charge < -0.3 is 10.0 Å². The third-order valence-corrected chi connectivity index (χ3v) is 4.06. The highest BCUT2D eigenvalue weighted by Crippen LogP contribution is 2.44. The number of rotatable bonds is 3. The van der Waals surface area contributed by atoms with Crippen LogP contribution in [-0.4, -0.2) is 33.1 Å². The van der Waals surface area contributed by atoms with Gasteiger partial charge in [0.15, 0.2) is 0 Å². The predicted octanol–water partition coefficient (Wildman–Crippen LogP) is 1.43. The van der Waals surface area contributed by atoms with Crippen molar-refractivity contribution in [2.24, 2.45) is 5.92 Å². The first-order valence-electron chi connectivity index (χ1n) is 6.19. The fraction of sp³-hybridized carbons (Fsp3) is 0.500. The summed E-state index contributed by atoms with van der Waals surface area (Å²) in [4.78, 5) is 27.6. The van der Waals surface area contributed by atoms with Gasteiger partial charge >= 0.3 is 5.97 Å². The molecular weight excluding hydrogens is 250 g/mol. The van der Waals surface area contributed by atoms with E-state index in [2.05, 4.69) is 4.98 Å². The molecule has 0 aliphatic carbocycles. The average molecular weight is 263 g/mol. The molecule has 2 fully saturated rings. The molecule has 7 nitrogen and oxygen atoms in total. The van der Waals surface area contributed by atoms with Crippen LogP contribution in [0.4, 0.5) is 11.5 Å². The van der Waals surface area contributed by atoms with Gasteiger partial charge in [-0.25, -0.2) is 4.98 Å². The zero-order valence-electron chi connectivity index (χ0n) is 10.1. The molecule has 2 saturated heterocycles. The first kappa shape index (κ1) is 11.9. The summed E-state index contributed by atoms with van der Waals surface area (Å²) < 4.78 is 0. The molecule has 3 rings (SSSR count). The Kier molecular flexibility index (Phi) is 2.62. The summed E-state index contributed by atoms with van der Waals surface area (Å²) in [5.74, 6) is -0.659. The predicted molar refractivity (Wildman–Crippen MR) is 65.9 cm³/mol. The lowest BCUT2D eigenvalue weighted by Gasteiger charge is -2.23. The molecule has 0 radical (unpaired) electrons. The highest BCUT2D eigenvalue weighted by molar-refractivity contribution is 5.74. The monoisotopic (exact) mass is 263 g/mol. The molecule has 3 atom stereocenters. The lowest BCUT2D eigenvalue weighted by atomic mass is 9.89. The number of pyridine rings is 1. The van der Waals surface area contributed by atoms with Gasteiger partial charge in [0.1, 0.15) is 5.82 Å². The van der Waals surface area contributed by atoms with Crippen LogP contribution in [0.3, 0.4) is 0 Å². The van der Waals surface area contributed by atoms with E-state index in [0.29, 0.717) is 12.2 Å². The Bertz CT molecular complexity index is 548. The van der Waals surface area contributed by atoms with E-state index in [1.165, 1.54) is 18.3 Å². The van der Waals surface area contributed by atoms with Gasteiger partial charge in [0.2, 0.25) is 0 Å². The second-order valence-electron chi connectivity index (χ2n) is 5.02. The van der Waals surface area contributed by atoms with Crippen LogP contribution in [0.1, 0.15) is 19.3 Å². The first-order valence-corrected chi connectivity index (χ1v) is 6.19. The highest BCUT2D eigenvalue weighted by atomic mass is 16.6. The lowest BCUT2D eigenvalue weighted by molar-refractivity contribution is -0.384. The maximum atomic E-state index is 11.2. The van der Waals surface area contributed by atoms with Crippen LogP contribution in [0.5, 0.6) is 0 Å². The number of nitrogens with zero attached hydrogens (tertiary/aromatic N) is 3. The SMILES string of the molecule is O=C(O)C1CC2CCC1N2c1cc([N+](=O)[O-])ccn1. The van der Waals surface area contributed by atoms with Gasteiger partial charge in [0.05, 0.1) is 16.9 Å². The van der Waals surface area contributed by atoms with Crippen molar-refractivity contribution >= 4 is 17.5 Å². The van der Waals surface area contributed by atoms with E-state index in [-0.39, 0.29) is 23.7 Å². The van der Waals surface area contributed by atoms with E-state index < -0.39 is 10.9 Å². The van der Waals surface area contributed by atoms with Crippen molar-refractivity contribution in [1.82, 2.24) is 4.98 Å². The number of carboxylic acids is 1. The molecule has 2 aliphatic heterocycles. The summed E-state index contributed by atoms with van der Waals surface area (Å²) in [5, 5.41) is 20.0. The highest BCUT2D eigenvalue weighted by Gasteiger charge is 2.49. The minimum atomic E-state index is -0.789. The quantitative estimate of drug-likeness (QED) is 0.654. The maximum Gasteiger partial charge on any atom is 0.308 e. The van der Waals surface area contributed by atoms with Crippen LogP contribution in [-0.2, 0) is 4.79 Å². The minimum absolute atomic E-state index is 0.0109. The van der Waals surface area contributed by atoms with Crippen molar-refractivity contribution < 1.29 is 14.8 Å². The van der Waals surface area contributed by atoms with Gasteiger partial charge in [-0.1, -0.05) is 0 Å². The zero-order chi connectivity index (χ0) is 13.6. The van der Waals surface area contributed by atoms with Gasteiger partial charge in [-0.15, -0.1) is 0 Å². The molecule has 100 valence electrons. The van der Waals surface area contributed by atoms with Gasteiger partial charge in [-0.05, 0) is 19.3 Å². The number of aliphatic carboxylic acids is 1. The van der Waals surface area contributed by atoms with Crippen LogP contribution >= 0.6 is 0 Å². The summed E-state index contributed by atoms with van der Waals surface area (Å²) in [6.45, 7) is 0. The Morgan fingerprint density at radius 1 is 1.53 bits per heavy atom. The Morgan fingerprint density at radius 3 is 2.95 bits per heavy atom. The molecular formula is C12H13N3O4. The smallest absolute Gasteiger partial charge is 0.308 e. The summed E-state index contributed by atoms with van der Waals surface area (Å²) in [6, 6.07) is 2.82. The Balaban J connectivity index is 1.93. The normalized spacial score (nSPS) is 28.6. The minimum Gasteiger partial charge on any atom is -0.481 e. The number of fused-ring (bicyclic) bond motifs is 2. The second-order valence-corrected chi connectivity index (χ2v) is 5.02. The molecule has 1 aromatic heterocycles. The molecule has 0 aromatic carbocycles. The Morgan fingerprint density at radius 2 is 2.32 bits per heavy atom. The molecule has 0 saturated carbocycles. The van der Waals surface area contributed by atoms with Gasteiger partial charge in [0.25, 0.3) is 5.69 Å². The zero-order valence-corrected chi connectivity index (χ0v) is 10.1. The molecule has 7 heteroatoms. The van der Waals surface area contributed by atoms with E-state index in [1.807, 2.05) is 4.90 Å². The van der Waals surface area contributed by atoms with E-state index in [9.17, 15) is 20.0 Å². The van der Waals surface area contributed by atoms with Gasteiger partial charge in [-0.2, -0.15) is 0 Å². The van der Waals surface area contributed by atoms with Crippen LogP contribution in [0, 0.1) is 16.0 Å². The number of carbonyl (C=O) groups is 1. The van der Waals surface area contributed by atoms with Gasteiger partial charge in [-0.3, -0.25) is 14.9 Å². The van der Waals surface area contributed by atoms with E-state index in [4.69, 9.17) is 0 Å². The Hall–Kier alpha value is -2.18. The summed E-state index contributed by atoms with van der Waals surface area (Å²) >= 11 is 0. The molecule has 1 aromatic rings. The number of hydrogen-bond donors (Lipinski definition) is 1. The molecule has 2 aliphatic rings. The average Bonchev–Trinajstić information content (AvgIpc) is 2.96. The third-order valence-electron chi connectivity index (χ3n) is 4.06. The summed E-state index contributed by atoms with van der Waals surface area (Å²) in [7, 11) is 0. The van der Waals surface area contributed by atoms with Gasteiger partial charge in [0, 0.05) is 24.3 Å². The third kappa shape index (κ3) is 1.81. The molecule has 0 amide bonds. The molecule has 3 unspecified atom stereocenters. The molecule has 0 spiro atoms. The van der Waals surface area contributed by atoms with Crippen molar-refractivity contribution in [2.45, 2.75) is 31.3 Å². The maximum absolute atomic E-state index is 11.2. The number of aromatic nitrogens is 1. The van der Waals surface area contributed by atoms with Crippen LogP contribution < -0.4 is 4.90 Å². The molecule has 2 bridgehead atoms. The standard InChI is InChI=1S/C12H13N3O4/c16-12(17)9-5-7-1-2-10(9)14(7)11-6-8(15(18)19)3-4-13-11/h3-4,6-7,9-10H,1-2,5H2,(H,16,17). The van der Waals surface area contributed by atoms with E-state index in [1.54, 1.807) is 0 Å². The largest absolute Gasteiger partial charge is 0.481 e. The fourth-order valence-electron chi connectivity index (χ4n) is 3.27. The molecule has 19 heavy (non-hydrogen) atoms. The summed E-state index contributed by atoms with van der Waals surface area (Å²) in [5.41, 5.74) is -0.0109. The van der Waals surface area contributed by atoms with Crippen molar-refractivity contribution in [2.75, 3.05) is 4.90 Å². The Labute approximate surface area is 109 Å². The van der Waals surface area contributed by atoms with Crippen molar-refractivity contribution in [3.8, 4) is 0 Å². The number of anilines is 1. The van der Waals surface area contributed by atoms with E-state index >= 15 is 0 Å². The van der Waals surface area contributed by atoms with Crippen LogP contribution in [0.2, 0.25) is 0 Å². The lowest BCUT2D eigenvalue weighted by Crippen LogP contribution is -2.33. The number of hydrogen-bond acceptors (Lipinski definition) is 5. The molecule has 3 heterocycles. The van der Waals surface area contributed by atoms with E-state index in [0.717, 1.165) is 12.8 Å². The van der Waals surface area contributed by atoms with Crippen LogP contribution in [0.15, 0.2) is 18.3 Å². The fourth-order valence-corrected chi connectivity index (χ4v) is 3.27. The van der Waals surface area contributed by atoms with Crippen LogP contribution in [0.25, 0.3) is 0 Å². The van der Waals surface area contributed by atoms with Crippen molar-refractivity contribution in [3.05, 3.63) is 28.4 Å². The molecule has 1 N–H and O–H groups in total. The van der Waals surface area contributed by atoms with Crippen molar-refractivity contribution in [1.29, 1.82) is 0 Å².